The van der Waals surface area contributed by atoms with Crippen LogP contribution in [0, 0.1) is 5.82 Å². The monoisotopic (exact) mass is 210 g/mol. The first-order chi connectivity index (χ1) is 7.24. The van der Waals surface area contributed by atoms with E-state index in [0.717, 1.165) is 12.4 Å². The Balaban J connectivity index is 1.91. The molecule has 0 radical (unpaired) electrons. The highest BCUT2D eigenvalue weighted by Gasteiger charge is 2.20. The van der Waals surface area contributed by atoms with Gasteiger partial charge in [0.05, 0.1) is 12.4 Å². The molecule has 2 rings (SSSR count). The molecule has 1 heterocycles. The van der Waals surface area contributed by atoms with Crippen molar-refractivity contribution in [3.8, 4) is 6.01 Å². The second-order valence-electron chi connectivity index (χ2n) is 3.54. The number of hydrogen-bond acceptors (Lipinski definition) is 4. The molecule has 80 valence electrons. The summed E-state index contributed by atoms with van der Waals surface area (Å²) in [6.07, 6.45) is 4.59. The van der Waals surface area contributed by atoms with E-state index >= 15 is 0 Å². The van der Waals surface area contributed by atoms with Crippen molar-refractivity contribution in [2.45, 2.75) is 31.8 Å². The Labute approximate surface area is 86.5 Å². The van der Waals surface area contributed by atoms with Crippen LogP contribution in [0.3, 0.4) is 0 Å². The van der Waals surface area contributed by atoms with Gasteiger partial charge in [-0.2, -0.15) is 0 Å². The van der Waals surface area contributed by atoms with E-state index in [9.17, 15) is 9.18 Å². The maximum absolute atomic E-state index is 12.5. The first-order valence-corrected chi connectivity index (χ1v) is 4.90. The minimum absolute atomic E-state index is 0.0202. The number of ketones is 1. The minimum atomic E-state index is -0.485. The van der Waals surface area contributed by atoms with Crippen molar-refractivity contribution in [3.05, 3.63) is 18.2 Å². The van der Waals surface area contributed by atoms with Gasteiger partial charge in [-0.1, -0.05) is 0 Å². The number of hydrogen-bond donors (Lipinski definition) is 0. The van der Waals surface area contributed by atoms with Crippen LogP contribution in [0.5, 0.6) is 6.01 Å². The highest BCUT2D eigenvalue weighted by molar-refractivity contribution is 5.79. The Morgan fingerprint density at radius 3 is 2.47 bits per heavy atom. The fraction of sp³-hybridized carbons (Fsp3) is 0.500. The number of carbonyl (C=O) groups is 1. The normalized spacial score (nSPS) is 17.8. The SMILES string of the molecule is O=C1CCC(Oc2ncc(F)cn2)CC1. The Morgan fingerprint density at radius 2 is 1.87 bits per heavy atom. The zero-order valence-corrected chi connectivity index (χ0v) is 8.15. The van der Waals surface area contributed by atoms with Gasteiger partial charge >= 0.3 is 6.01 Å². The second-order valence-corrected chi connectivity index (χ2v) is 3.54. The molecule has 0 N–H and O–H groups in total. The zero-order chi connectivity index (χ0) is 10.7. The van der Waals surface area contributed by atoms with E-state index in [0.29, 0.717) is 25.7 Å². The first kappa shape index (κ1) is 10.0. The van der Waals surface area contributed by atoms with Gasteiger partial charge in [0.25, 0.3) is 0 Å². The molecule has 5 heteroatoms. The van der Waals surface area contributed by atoms with Crippen LogP contribution >= 0.6 is 0 Å². The van der Waals surface area contributed by atoms with E-state index in [1.165, 1.54) is 0 Å². The van der Waals surface area contributed by atoms with Gasteiger partial charge in [-0.3, -0.25) is 4.79 Å². The van der Waals surface area contributed by atoms with Crippen molar-refractivity contribution >= 4 is 5.78 Å². The Morgan fingerprint density at radius 1 is 1.27 bits per heavy atom. The van der Waals surface area contributed by atoms with Gasteiger partial charge in [-0.05, 0) is 12.8 Å². The summed E-state index contributed by atoms with van der Waals surface area (Å²) in [6, 6.07) is 0.177. The summed E-state index contributed by atoms with van der Waals surface area (Å²) in [7, 11) is 0. The molecule has 0 amide bonds. The van der Waals surface area contributed by atoms with E-state index in [1.807, 2.05) is 0 Å². The zero-order valence-electron chi connectivity index (χ0n) is 8.15. The molecule has 1 aliphatic rings. The van der Waals surface area contributed by atoms with E-state index < -0.39 is 5.82 Å². The molecule has 0 bridgehead atoms. The summed E-state index contributed by atoms with van der Waals surface area (Å²) in [6.45, 7) is 0. The van der Waals surface area contributed by atoms with Crippen LogP contribution in [-0.4, -0.2) is 21.9 Å². The molecule has 1 aromatic heterocycles. The topological polar surface area (TPSA) is 52.1 Å². The molecule has 1 fully saturated rings. The number of rotatable bonds is 2. The maximum atomic E-state index is 12.5. The predicted molar refractivity (Wildman–Crippen MR) is 49.9 cm³/mol. The lowest BCUT2D eigenvalue weighted by Crippen LogP contribution is -2.24. The average Bonchev–Trinajstić information content (AvgIpc) is 2.25. The van der Waals surface area contributed by atoms with Crippen molar-refractivity contribution < 1.29 is 13.9 Å². The van der Waals surface area contributed by atoms with Gasteiger partial charge in [0.1, 0.15) is 11.9 Å². The van der Waals surface area contributed by atoms with Gasteiger partial charge in [-0.15, -0.1) is 0 Å². The van der Waals surface area contributed by atoms with Gasteiger partial charge in [0.2, 0.25) is 0 Å². The number of halogens is 1. The van der Waals surface area contributed by atoms with Crippen LogP contribution in [0.1, 0.15) is 25.7 Å². The summed E-state index contributed by atoms with van der Waals surface area (Å²) in [5.41, 5.74) is 0. The lowest BCUT2D eigenvalue weighted by Gasteiger charge is -2.20. The Kier molecular flexibility index (Phi) is 2.89. The van der Waals surface area contributed by atoms with Crippen LogP contribution in [-0.2, 0) is 4.79 Å². The van der Waals surface area contributed by atoms with E-state index in [4.69, 9.17) is 4.74 Å². The van der Waals surface area contributed by atoms with Gasteiger partial charge in [0.15, 0.2) is 5.82 Å². The summed E-state index contributed by atoms with van der Waals surface area (Å²) < 4.78 is 17.9. The van der Waals surface area contributed by atoms with Crippen LogP contribution in [0.2, 0.25) is 0 Å². The quantitative estimate of drug-likeness (QED) is 0.742. The molecule has 1 aromatic rings. The van der Waals surface area contributed by atoms with Crippen LogP contribution < -0.4 is 4.74 Å². The maximum Gasteiger partial charge on any atom is 0.316 e. The predicted octanol–water partition coefficient (Wildman–Crippen LogP) is 1.51. The molecule has 1 aliphatic carbocycles. The highest BCUT2D eigenvalue weighted by atomic mass is 19.1. The number of ether oxygens (including phenoxy) is 1. The summed E-state index contributed by atoms with van der Waals surface area (Å²) in [5.74, 6) is -0.212. The number of aromatic nitrogens is 2. The number of nitrogens with zero attached hydrogens (tertiary/aromatic N) is 2. The molecule has 0 atom stereocenters. The summed E-state index contributed by atoms with van der Waals surface area (Å²) in [5, 5.41) is 0. The van der Waals surface area contributed by atoms with E-state index in [-0.39, 0.29) is 17.9 Å². The smallest absolute Gasteiger partial charge is 0.316 e. The molecule has 4 nitrogen and oxygen atoms in total. The third kappa shape index (κ3) is 2.71. The van der Waals surface area contributed by atoms with Gasteiger partial charge in [-0.25, -0.2) is 14.4 Å². The molecule has 0 saturated heterocycles. The Hall–Kier alpha value is -1.52. The van der Waals surface area contributed by atoms with E-state index in [2.05, 4.69) is 9.97 Å². The molecular formula is C10H11FN2O2. The standard InChI is InChI=1S/C10H11FN2O2/c11-7-5-12-10(13-6-7)15-9-3-1-8(14)2-4-9/h5-6,9H,1-4H2. The van der Waals surface area contributed by atoms with Crippen molar-refractivity contribution in [1.82, 2.24) is 9.97 Å². The largest absolute Gasteiger partial charge is 0.460 e. The first-order valence-electron chi connectivity index (χ1n) is 4.90. The van der Waals surface area contributed by atoms with Crippen LogP contribution in [0.4, 0.5) is 4.39 Å². The fourth-order valence-electron chi connectivity index (χ4n) is 1.54. The molecule has 0 unspecified atom stereocenters. The van der Waals surface area contributed by atoms with Crippen molar-refractivity contribution in [1.29, 1.82) is 0 Å². The summed E-state index contributed by atoms with van der Waals surface area (Å²) >= 11 is 0. The number of Topliss-reactive ketones (excluding diaryl/α,β-unsaturated/α-hetero) is 1. The van der Waals surface area contributed by atoms with E-state index in [1.54, 1.807) is 0 Å². The molecule has 0 aliphatic heterocycles. The summed E-state index contributed by atoms with van der Waals surface area (Å²) in [4.78, 5) is 18.4. The fourth-order valence-corrected chi connectivity index (χ4v) is 1.54. The van der Waals surface area contributed by atoms with Gasteiger partial charge < -0.3 is 4.74 Å². The van der Waals surface area contributed by atoms with Crippen molar-refractivity contribution in [2.24, 2.45) is 0 Å². The highest BCUT2D eigenvalue weighted by Crippen LogP contribution is 2.18. The van der Waals surface area contributed by atoms with Crippen LogP contribution in [0.15, 0.2) is 12.4 Å². The van der Waals surface area contributed by atoms with Crippen molar-refractivity contribution in [3.63, 3.8) is 0 Å². The number of carbonyl (C=O) groups excluding carboxylic acids is 1. The van der Waals surface area contributed by atoms with Crippen LogP contribution in [0.25, 0.3) is 0 Å². The molecular weight excluding hydrogens is 199 g/mol. The minimum Gasteiger partial charge on any atom is -0.460 e. The lowest BCUT2D eigenvalue weighted by molar-refractivity contribution is -0.121. The molecule has 1 saturated carbocycles. The average molecular weight is 210 g/mol. The third-order valence-corrected chi connectivity index (χ3v) is 2.36. The molecule has 0 spiro atoms. The second kappa shape index (κ2) is 4.33. The third-order valence-electron chi connectivity index (χ3n) is 2.36. The van der Waals surface area contributed by atoms with Crippen molar-refractivity contribution in [2.75, 3.05) is 0 Å². The molecule has 15 heavy (non-hydrogen) atoms. The Bertz CT molecular complexity index is 343. The molecule has 0 aromatic carbocycles. The van der Waals surface area contributed by atoms with Gasteiger partial charge in [0, 0.05) is 12.8 Å². The lowest BCUT2D eigenvalue weighted by atomic mass is 9.97.